The van der Waals surface area contributed by atoms with Gasteiger partial charge in [0.2, 0.25) is 0 Å². The topological polar surface area (TPSA) is 116 Å². The number of aliphatic hydroxyl groups is 1. The molecule has 0 aliphatic carbocycles. The summed E-state index contributed by atoms with van der Waals surface area (Å²) >= 11 is 0. The summed E-state index contributed by atoms with van der Waals surface area (Å²) < 4.78 is 4.59. The maximum atomic E-state index is 12.1. The van der Waals surface area contributed by atoms with Gasteiger partial charge in [-0.05, 0) is 5.92 Å². The molecule has 1 aliphatic heterocycles. The highest BCUT2D eigenvalue weighted by Crippen LogP contribution is 2.18. The first kappa shape index (κ1) is 16.2. The van der Waals surface area contributed by atoms with Gasteiger partial charge < -0.3 is 25.2 Å². The number of hydrogen-bond donors (Lipinski definition) is 3. The van der Waals surface area contributed by atoms with Crippen LogP contribution in [0.15, 0.2) is 0 Å². The lowest BCUT2D eigenvalue weighted by molar-refractivity contribution is -0.144. The number of carboxylic acids is 1. The van der Waals surface area contributed by atoms with Crippen LogP contribution in [0.3, 0.4) is 0 Å². The highest BCUT2D eigenvalue weighted by molar-refractivity contribution is 5.87. The molecule has 2 amide bonds. The van der Waals surface area contributed by atoms with Gasteiger partial charge in [0.1, 0.15) is 12.1 Å². The van der Waals surface area contributed by atoms with E-state index >= 15 is 0 Å². The van der Waals surface area contributed by atoms with Crippen molar-refractivity contribution in [3.05, 3.63) is 0 Å². The summed E-state index contributed by atoms with van der Waals surface area (Å²) in [5.74, 6) is -1.99. The molecule has 1 saturated heterocycles. The van der Waals surface area contributed by atoms with Crippen molar-refractivity contribution in [1.82, 2.24) is 10.2 Å². The number of likely N-dealkylation sites (tertiary alicyclic amines) is 1. The maximum Gasteiger partial charge on any atom is 0.328 e. The van der Waals surface area contributed by atoms with Crippen molar-refractivity contribution in [1.29, 1.82) is 0 Å². The zero-order valence-electron chi connectivity index (χ0n) is 11.7. The molecule has 20 heavy (non-hydrogen) atoms. The Morgan fingerprint density at radius 2 is 1.95 bits per heavy atom. The highest BCUT2D eigenvalue weighted by Gasteiger charge is 2.40. The van der Waals surface area contributed by atoms with Gasteiger partial charge in [0.15, 0.2) is 0 Å². The van der Waals surface area contributed by atoms with Crippen LogP contribution in [0, 0.1) is 5.92 Å². The standard InChI is InChI=1S/C12H20N2O6/c1-6(2)9(11(18)20-3)13-12(19)14-5-7(15)4-8(14)10(16)17/h6-9,15H,4-5H2,1-3H3,(H,13,19)(H,16,17)/t7-,8-,9?/m0/s1. The zero-order chi connectivity index (χ0) is 15.4. The van der Waals surface area contributed by atoms with Crippen LogP contribution in [-0.2, 0) is 14.3 Å². The number of carboxylic acid groups (broad SMARTS) is 1. The van der Waals surface area contributed by atoms with Crippen LogP contribution in [0.1, 0.15) is 20.3 Å². The minimum atomic E-state index is -1.18. The van der Waals surface area contributed by atoms with Gasteiger partial charge in [-0.2, -0.15) is 0 Å². The molecule has 114 valence electrons. The first-order valence-corrected chi connectivity index (χ1v) is 6.33. The van der Waals surface area contributed by atoms with Gasteiger partial charge >= 0.3 is 18.0 Å². The average Bonchev–Trinajstić information content (AvgIpc) is 2.76. The fourth-order valence-corrected chi connectivity index (χ4v) is 2.11. The number of urea groups is 1. The predicted molar refractivity (Wildman–Crippen MR) is 67.9 cm³/mol. The molecule has 8 heteroatoms. The number of aliphatic carboxylic acids is 1. The lowest BCUT2D eigenvalue weighted by Gasteiger charge is -2.26. The Morgan fingerprint density at radius 1 is 1.35 bits per heavy atom. The summed E-state index contributed by atoms with van der Waals surface area (Å²) in [5.41, 5.74) is 0. The van der Waals surface area contributed by atoms with Crippen molar-refractivity contribution in [2.45, 2.75) is 38.5 Å². The molecule has 0 spiro atoms. The molecular weight excluding hydrogens is 268 g/mol. The number of nitrogens with one attached hydrogen (secondary N) is 1. The van der Waals surface area contributed by atoms with Crippen molar-refractivity contribution in [2.24, 2.45) is 5.92 Å². The van der Waals surface area contributed by atoms with Crippen molar-refractivity contribution in [3.8, 4) is 0 Å². The van der Waals surface area contributed by atoms with E-state index < -0.39 is 36.2 Å². The first-order chi connectivity index (χ1) is 9.27. The van der Waals surface area contributed by atoms with Crippen LogP contribution < -0.4 is 5.32 Å². The monoisotopic (exact) mass is 288 g/mol. The van der Waals surface area contributed by atoms with E-state index in [0.717, 1.165) is 4.90 Å². The Hall–Kier alpha value is -1.83. The number of carbonyl (C=O) groups is 3. The Bertz CT molecular complexity index is 397. The predicted octanol–water partition coefficient (Wildman–Crippen LogP) is -0.587. The second kappa shape index (κ2) is 6.56. The molecule has 1 unspecified atom stereocenters. The lowest BCUT2D eigenvalue weighted by Crippen LogP contribution is -2.53. The van der Waals surface area contributed by atoms with Crippen molar-refractivity contribution in [3.63, 3.8) is 0 Å². The molecule has 1 aliphatic rings. The quantitative estimate of drug-likeness (QED) is 0.596. The second-order valence-corrected chi connectivity index (χ2v) is 5.09. The molecule has 0 aromatic heterocycles. The summed E-state index contributed by atoms with van der Waals surface area (Å²) in [7, 11) is 1.21. The molecule has 3 atom stereocenters. The average molecular weight is 288 g/mol. The smallest absolute Gasteiger partial charge is 0.328 e. The fraction of sp³-hybridized carbons (Fsp3) is 0.750. The Morgan fingerprint density at radius 3 is 2.40 bits per heavy atom. The third-order valence-electron chi connectivity index (χ3n) is 3.23. The normalized spacial score (nSPS) is 23.6. The van der Waals surface area contributed by atoms with Gasteiger partial charge in [0.25, 0.3) is 0 Å². The summed E-state index contributed by atoms with van der Waals surface area (Å²) in [6, 6.07) is -2.65. The number of nitrogens with zero attached hydrogens (tertiary/aromatic N) is 1. The third-order valence-corrected chi connectivity index (χ3v) is 3.23. The molecule has 0 saturated carbocycles. The van der Waals surface area contributed by atoms with E-state index in [0.29, 0.717) is 0 Å². The number of hydrogen-bond acceptors (Lipinski definition) is 5. The van der Waals surface area contributed by atoms with E-state index in [4.69, 9.17) is 5.11 Å². The Kier molecular flexibility index (Phi) is 5.32. The second-order valence-electron chi connectivity index (χ2n) is 5.09. The minimum Gasteiger partial charge on any atom is -0.480 e. The van der Waals surface area contributed by atoms with Gasteiger partial charge in [0.05, 0.1) is 13.2 Å². The number of carbonyl (C=O) groups excluding carboxylic acids is 2. The molecular formula is C12H20N2O6. The van der Waals surface area contributed by atoms with Gasteiger partial charge in [-0.3, -0.25) is 0 Å². The lowest BCUT2D eigenvalue weighted by atomic mass is 10.1. The number of rotatable bonds is 4. The fourth-order valence-electron chi connectivity index (χ4n) is 2.11. The zero-order valence-corrected chi connectivity index (χ0v) is 11.7. The van der Waals surface area contributed by atoms with Crippen LogP contribution in [0.4, 0.5) is 4.79 Å². The van der Waals surface area contributed by atoms with E-state index in [1.807, 2.05) is 0 Å². The number of amides is 2. The molecule has 8 nitrogen and oxygen atoms in total. The summed E-state index contributed by atoms with van der Waals surface area (Å²) in [6.07, 6.45) is -0.898. The van der Waals surface area contributed by atoms with Crippen molar-refractivity contribution < 1.29 is 29.3 Å². The number of β-amino-alcohol motifs (C(OH)–C–C–N with tert-alkyl or cyclic N) is 1. The number of esters is 1. The van der Waals surface area contributed by atoms with Crippen molar-refractivity contribution >= 4 is 18.0 Å². The molecule has 0 bridgehead atoms. The molecule has 0 aromatic rings. The van der Waals surface area contributed by atoms with Crippen molar-refractivity contribution in [2.75, 3.05) is 13.7 Å². The Labute approximate surface area is 116 Å². The van der Waals surface area contributed by atoms with Crippen LogP contribution in [0.2, 0.25) is 0 Å². The SMILES string of the molecule is COC(=O)C(NC(=O)N1C[C@@H](O)C[C@H]1C(=O)O)C(C)C. The maximum absolute atomic E-state index is 12.1. The van der Waals surface area contributed by atoms with E-state index in [-0.39, 0.29) is 18.9 Å². The van der Waals surface area contributed by atoms with Crippen LogP contribution in [0.5, 0.6) is 0 Å². The largest absolute Gasteiger partial charge is 0.480 e. The van der Waals surface area contributed by atoms with Gasteiger partial charge in [-0.1, -0.05) is 13.8 Å². The number of ether oxygens (including phenoxy) is 1. The van der Waals surface area contributed by atoms with Gasteiger partial charge in [-0.15, -0.1) is 0 Å². The summed E-state index contributed by atoms with van der Waals surface area (Å²) in [5, 5.41) is 21.0. The van der Waals surface area contributed by atoms with Crippen LogP contribution in [-0.4, -0.2) is 64.9 Å². The number of aliphatic hydroxyl groups excluding tert-OH is 1. The van der Waals surface area contributed by atoms with Crippen LogP contribution in [0.25, 0.3) is 0 Å². The van der Waals surface area contributed by atoms with Crippen LogP contribution >= 0.6 is 0 Å². The van der Waals surface area contributed by atoms with E-state index in [2.05, 4.69) is 10.1 Å². The third kappa shape index (κ3) is 3.60. The molecule has 0 radical (unpaired) electrons. The molecule has 3 N–H and O–H groups in total. The summed E-state index contributed by atoms with van der Waals surface area (Å²) in [6.45, 7) is 3.39. The molecule has 1 fully saturated rings. The van der Waals surface area contributed by atoms with Gasteiger partial charge in [0, 0.05) is 13.0 Å². The molecule has 0 aromatic carbocycles. The minimum absolute atomic E-state index is 0.0205. The van der Waals surface area contributed by atoms with E-state index in [1.165, 1.54) is 7.11 Å². The first-order valence-electron chi connectivity index (χ1n) is 6.33. The molecule has 1 rings (SSSR count). The van der Waals surface area contributed by atoms with E-state index in [9.17, 15) is 19.5 Å². The Balaban J connectivity index is 2.78. The highest BCUT2D eigenvalue weighted by atomic mass is 16.5. The summed E-state index contributed by atoms with van der Waals surface area (Å²) in [4.78, 5) is 35.7. The molecule has 1 heterocycles. The van der Waals surface area contributed by atoms with Gasteiger partial charge in [-0.25, -0.2) is 14.4 Å². The number of methoxy groups -OCH3 is 1. The van der Waals surface area contributed by atoms with E-state index in [1.54, 1.807) is 13.8 Å².